The number of aryl methyl sites for hydroxylation is 3. The fourth-order valence-corrected chi connectivity index (χ4v) is 5.76. The highest BCUT2D eigenvalue weighted by Crippen LogP contribution is 2.26. The molecule has 8 nitrogen and oxygen atoms in total. The van der Waals surface area contributed by atoms with E-state index in [-0.39, 0.29) is 23.6 Å². The van der Waals surface area contributed by atoms with Crippen LogP contribution in [0.5, 0.6) is 0 Å². The number of aromatic nitrogens is 2. The van der Waals surface area contributed by atoms with Crippen molar-refractivity contribution in [1.29, 1.82) is 0 Å². The van der Waals surface area contributed by atoms with Gasteiger partial charge in [0.2, 0.25) is 27.7 Å². The van der Waals surface area contributed by atoms with Gasteiger partial charge in [-0.3, -0.25) is 4.79 Å². The minimum atomic E-state index is -3.61. The number of benzene rings is 2. The topological polar surface area (TPSA) is 105 Å². The van der Waals surface area contributed by atoms with Gasteiger partial charge in [-0.05, 0) is 56.5 Å². The van der Waals surface area contributed by atoms with Crippen LogP contribution >= 0.6 is 0 Å². The zero-order valence-corrected chi connectivity index (χ0v) is 20.4. The van der Waals surface area contributed by atoms with Crippen molar-refractivity contribution in [3.8, 4) is 11.5 Å². The van der Waals surface area contributed by atoms with Crippen molar-refractivity contribution in [2.75, 3.05) is 18.4 Å². The van der Waals surface area contributed by atoms with Crippen LogP contribution in [-0.2, 0) is 21.2 Å². The maximum atomic E-state index is 13.2. The molecule has 1 aromatic heterocycles. The molecule has 1 N–H and O–H groups in total. The van der Waals surface area contributed by atoms with Gasteiger partial charge in [0.15, 0.2) is 0 Å². The molecule has 9 heteroatoms. The number of rotatable bonds is 7. The van der Waals surface area contributed by atoms with E-state index in [1.165, 1.54) is 0 Å². The quantitative estimate of drug-likeness (QED) is 0.532. The summed E-state index contributed by atoms with van der Waals surface area (Å²) in [5, 5.41) is 10.9. The van der Waals surface area contributed by atoms with Gasteiger partial charge in [0.05, 0.1) is 4.90 Å². The third kappa shape index (κ3) is 5.71. The minimum Gasteiger partial charge on any atom is -0.421 e. The molecule has 2 aromatic carbocycles. The third-order valence-electron chi connectivity index (χ3n) is 5.99. The smallest absolute Gasteiger partial charge is 0.247 e. The van der Waals surface area contributed by atoms with Gasteiger partial charge < -0.3 is 9.73 Å². The molecule has 3 aromatic rings. The summed E-state index contributed by atoms with van der Waals surface area (Å²) in [4.78, 5) is 12.8. The summed E-state index contributed by atoms with van der Waals surface area (Å²) in [7, 11) is -3.61. The van der Waals surface area contributed by atoms with Crippen LogP contribution < -0.4 is 5.32 Å². The Morgan fingerprint density at radius 3 is 2.41 bits per heavy atom. The number of hydrogen-bond acceptors (Lipinski definition) is 6. The van der Waals surface area contributed by atoms with Crippen molar-refractivity contribution < 1.29 is 17.6 Å². The van der Waals surface area contributed by atoms with Crippen LogP contribution in [-0.4, -0.2) is 41.9 Å². The third-order valence-corrected chi connectivity index (χ3v) is 8.03. The Hall–Kier alpha value is -3.04. The summed E-state index contributed by atoms with van der Waals surface area (Å²) in [6.07, 6.45) is 4.26. The second-order valence-electron chi connectivity index (χ2n) is 8.71. The molecule has 180 valence electrons. The Bertz CT molecular complexity index is 1240. The molecule has 1 amide bonds. The van der Waals surface area contributed by atoms with Crippen LogP contribution in [0, 0.1) is 13.8 Å². The van der Waals surface area contributed by atoms with Crippen molar-refractivity contribution in [2.45, 2.75) is 57.3 Å². The monoisotopic (exact) mass is 482 g/mol. The zero-order chi connectivity index (χ0) is 24.1. The average molecular weight is 483 g/mol. The maximum Gasteiger partial charge on any atom is 0.247 e. The van der Waals surface area contributed by atoms with E-state index in [2.05, 4.69) is 15.5 Å². The molecule has 1 aliphatic heterocycles. The average Bonchev–Trinajstić information content (AvgIpc) is 3.11. The second-order valence-corrected chi connectivity index (χ2v) is 10.6. The first-order chi connectivity index (χ1) is 16.3. The number of nitrogens with zero attached hydrogens (tertiary/aromatic N) is 3. The van der Waals surface area contributed by atoms with E-state index in [0.717, 1.165) is 36.8 Å². The number of anilines is 1. The molecule has 0 aliphatic carbocycles. The molecule has 0 bridgehead atoms. The van der Waals surface area contributed by atoms with Gasteiger partial charge in [-0.25, -0.2) is 8.42 Å². The van der Waals surface area contributed by atoms with Crippen molar-refractivity contribution in [3.63, 3.8) is 0 Å². The molecule has 4 rings (SSSR count). The van der Waals surface area contributed by atoms with E-state index >= 15 is 0 Å². The van der Waals surface area contributed by atoms with E-state index < -0.39 is 10.0 Å². The number of hydrogen-bond donors (Lipinski definition) is 1. The van der Waals surface area contributed by atoms with Crippen molar-refractivity contribution in [1.82, 2.24) is 14.5 Å². The largest absolute Gasteiger partial charge is 0.421 e. The normalized spacial score (nSPS) is 15.1. The molecule has 1 fully saturated rings. The van der Waals surface area contributed by atoms with Crippen LogP contribution in [0.15, 0.2) is 51.8 Å². The van der Waals surface area contributed by atoms with E-state index in [0.29, 0.717) is 36.1 Å². The molecule has 0 radical (unpaired) electrons. The molecular weight excluding hydrogens is 452 g/mol. The minimum absolute atomic E-state index is 0.137. The molecule has 2 heterocycles. The van der Waals surface area contributed by atoms with Gasteiger partial charge in [-0.1, -0.05) is 36.6 Å². The molecule has 0 atom stereocenters. The predicted octanol–water partition coefficient (Wildman–Crippen LogP) is 4.49. The highest BCUT2D eigenvalue weighted by Gasteiger charge is 2.27. The molecule has 1 aliphatic rings. The zero-order valence-electron chi connectivity index (χ0n) is 19.6. The van der Waals surface area contributed by atoms with Gasteiger partial charge in [0, 0.05) is 37.2 Å². The SMILES string of the molecule is Cc1ccc(-c2nnc(CCC(=O)Nc3ccc(C)c(S(=O)(=O)N4CCCCCC4)c3)o2)cc1. The molecule has 0 saturated carbocycles. The molecule has 34 heavy (non-hydrogen) atoms. The lowest BCUT2D eigenvalue weighted by Crippen LogP contribution is -2.32. The lowest BCUT2D eigenvalue weighted by molar-refractivity contribution is -0.116. The van der Waals surface area contributed by atoms with Gasteiger partial charge in [0.1, 0.15) is 0 Å². The summed E-state index contributed by atoms with van der Waals surface area (Å²) >= 11 is 0. The van der Waals surface area contributed by atoms with Crippen LogP contribution in [0.1, 0.15) is 49.1 Å². The molecule has 0 unspecified atom stereocenters. The summed E-state index contributed by atoms with van der Waals surface area (Å²) < 4.78 is 33.7. The van der Waals surface area contributed by atoms with E-state index in [9.17, 15) is 13.2 Å². The number of sulfonamides is 1. The van der Waals surface area contributed by atoms with Gasteiger partial charge in [0.25, 0.3) is 0 Å². The first kappa shape index (κ1) is 24.1. The summed E-state index contributed by atoms with van der Waals surface area (Å²) in [6, 6.07) is 12.8. The first-order valence-corrected chi connectivity index (χ1v) is 13.1. The number of carbonyl (C=O) groups excluding carboxylic acids is 1. The Balaban J connectivity index is 1.39. The maximum absolute atomic E-state index is 13.2. The lowest BCUT2D eigenvalue weighted by Gasteiger charge is -2.21. The van der Waals surface area contributed by atoms with Crippen LogP contribution in [0.25, 0.3) is 11.5 Å². The lowest BCUT2D eigenvalue weighted by atomic mass is 10.1. The predicted molar refractivity (Wildman–Crippen MR) is 130 cm³/mol. The van der Waals surface area contributed by atoms with Crippen molar-refractivity contribution >= 4 is 21.6 Å². The van der Waals surface area contributed by atoms with Crippen LogP contribution in [0.4, 0.5) is 5.69 Å². The summed E-state index contributed by atoms with van der Waals surface area (Å²) in [6.45, 7) is 4.85. The molecule has 0 spiro atoms. The number of amides is 1. The van der Waals surface area contributed by atoms with Gasteiger partial charge in [-0.2, -0.15) is 4.31 Å². The number of carbonyl (C=O) groups is 1. The molecular formula is C25H30N4O4S. The highest BCUT2D eigenvalue weighted by molar-refractivity contribution is 7.89. The molecule has 1 saturated heterocycles. The number of nitrogens with one attached hydrogen (secondary N) is 1. The summed E-state index contributed by atoms with van der Waals surface area (Å²) in [5.41, 5.74) is 3.08. The highest BCUT2D eigenvalue weighted by atomic mass is 32.2. The van der Waals surface area contributed by atoms with Crippen LogP contribution in [0.3, 0.4) is 0 Å². The van der Waals surface area contributed by atoms with E-state index in [1.807, 2.05) is 31.2 Å². The standard InChI is InChI=1S/C25H30N4O4S/c1-18-7-10-20(11-8-18)25-28-27-24(33-25)14-13-23(30)26-21-12-9-19(2)22(17-21)34(31,32)29-15-5-3-4-6-16-29/h7-12,17H,3-6,13-16H2,1-2H3,(H,26,30). The van der Waals surface area contributed by atoms with Crippen molar-refractivity contribution in [3.05, 3.63) is 59.5 Å². The van der Waals surface area contributed by atoms with Gasteiger partial charge in [-0.15, -0.1) is 10.2 Å². The Labute approximate surface area is 200 Å². The van der Waals surface area contributed by atoms with Gasteiger partial charge >= 0.3 is 0 Å². The van der Waals surface area contributed by atoms with Crippen molar-refractivity contribution in [2.24, 2.45) is 0 Å². The first-order valence-electron chi connectivity index (χ1n) is 11.6. The van der Waals surface area contributed by atoms with Crippen LogP contribution in [0.2, 0.25) is 0 Å². The Morgan fingerprint density at radius 1 is 1.00 bits per heavy atom. The summed E-state index contributed by atoms with van der Waals surface area (Å²) in [5.74, 6) is 0.536. The second kappa shape index (κ2) is 10.5. The van der Waals surface area contributed by atoms with E-state index in [1.54, 1.807) is 29.4 Å². The fraction of sp³-hybridized carbons (Fsp3) is 0.400. The van der Waals surface area contributed by atoms with E-state index in [4.69, 9.17) is 4.42 Å². The Kier molecular flexibility index (Phi) is 7.43. The Morgan fingerprint density at radius 2 is 1.71 bits per heavy atom. The fourth-order valence-electron chi connectivity index (χ4n) is 3.99.